The van der Waals surface area contributed by atoms with Gasteiger partial charge in [-0.15, -0.1) is 0 Å². The Morgan fingerprint density at radius 3 is 2.75 bits per heavy atom. The average Bonchev–Trinajstić information content (AvgIpc) is 3.05. The van der Waals surface area contributed by atoms with Crippen LogP contribution in [0.15, 0.2) is 18.2 Å². The van der Waals surface area contributed by atoms with Crippen LogP contribution >= 0.6 is 0 Å². The number of benzene rings is 1. The lowest BCUT2D eigenvalue weighted by Gasteiger charge is -2.39. The van der Waals surface area contributed by atoms with Gasteiger partial charge in [-0.2, -0.15) is 0 Å². The first-order chi connectivity index (χ1) is 11.7. The van der Waals surface area contributed by atoms with Gasteiger partial charge in [-0.1, -0.05) is 25.3 Å². The third-order valence-electron chi connectivity index (χ3n) is 5.97. The summed E-state index contributed by atoms with van der Waals surface area (Å²) in [6.07, 6.45) is 7.93. The number of amides is 1. The van der Waals surface area contributed by atoms with Crippen molar-refractivity contribution in [2.24, 2.45) is 11.8 Å². The average molecular weight is 329 g/mol. The van der Waals surface area contributed by atoms with E-state index in [0.29, 0.717) is 5.92 Å². The molecule has 0 saturated heterocycles. The highest BCUT2D eigenvalue weighted by atomic mass is 16.5. The van der Waals surface area contributed by atoms with Crippen molar-refractivity contribution >= 4 is 5.91 Å². The first-order valence-electron chi connectivity index (χ1n) is 9.45. The van der Waals surface area contributed by atoms with Gasteiger partial charge in [0.2, 0.25) is 5.91 Å². The highest BCUT2D eigenvalue weighted by molar-refractivity contribution is 5.79. The molecule has 1 atom stereocenters. The minimum Gasteiger partial charge on any atom is -0.493 e. The summed E-state index contributed by atoms with van der Waals surface area (Å²) >= 11 is 0. The quantitative estimate of drug-likeness (QED) is 0.892. The van der Waals surface area contributed by atoms with Crippen LogP contribution in [0.5, 0.6) is 5.75 Å². The summed E-state index contributed by atoms with van der Waals surface area (Å²) in [4.78, 5) is 12.7. The van der Waals surface area contributed by atoms with Gasteiger partial charge in [0.1, 0.15) is 5.75 Å². The molecule has 2 saturated carbocycles. The van der Waals surface area contributed by atoms with Crippen LogP contribution < -0.4 is 10.1 Å². The molecule has 3 aliphatic rings. The number of hydrogen-bond acceptors (Lipinski definition) is 3. The maximum atomic E-state index is 12.7. The lowest BCUT2D eigenvalue weighted by molar-refractivity contribution is -0.127. The zero-order chi connectivity index (χ0) is 16.5. The number of carbonyl (C=O) groups is 1. The molecule has 4 heteroatoms. The Morgan fingerprint density at radius 2 is 2.00 bits per heavy atom. The molecule has 1 aromatic carbocycles. The number of ether oxygens (including phenoxy) is 1. The molecule has 2 N–H and O–H groups in total. The van der Waals surface area contributed by atoms with Crippen LogP contribution in [0.4, 0.5) is 0 Å². The molecule has 0 bridgehead atoms. The van der Waals surface area contributed by atoms with Gasteiger partial charge in [0, 0.05) is 12.3 Å². The van der Waals surface area contributed by atoms with Crippen molar-refractivity contribution in [3.05, 3.63) is 29.3 Å². The number of hydrogen-bond donors (Lipinski definition) is 2. The predicted molar refractivity (Wildman–Crippen MR) is 91.8 cm³/mol. The van der Waals surface area contributed by atoms with Crippen LogP contribution in [0, 0.1) is 11.8 Å². The largest absolute Gasteiger partial charge is 0.493 e. The second kappa shape index (κ2) is 6.75. The van der Waals surface area contributed by atoms with E-state index in [1.165, 1.54) is 30.4 Å². The minimum atomic E-state index is -0.207. The molecule has 0 spiro atoms. The highest BCUT2D eigenvalue weighted by Crippen LogP contribution is 2.40. The molecule has 4 rings (SSSR count). The zero-order valence-electron chi connectivity index (χ0n) is 14.2. The smallest absolute Gasteiger partial charge is 0.223 e. The topological polar surface area (TPSA) is 58.6 Å². The Bertz CT molecular complexity index is 603. The van der Waals surface area contributed by atoms with Gasteiger partial charge in [0.25, 0.3) is 0 Å². The molecule has 130 valence electrons. The number of nitrogens with one attached hydrogen (secondary N) is 1. The summed E-state index contributed by atoms with van der Waals surface area (Å²) in [5, 5.41) is 13.0. The molecule has 2 aliphatic carbocycles. The molecule has 2 fully saturated rings. The summed E-state index contributed by atoms with van der Waals surface area (Å²) in [5.41, 5.74) is 2.41. The Balaban J connectivity index is 1.52. The highest BCUT2D eigenvalue weighted by Gasteiger charge is 2.37. The van der Waals surface area contributed by atoms with Crippen LogP contribution in [0.2, 0.25) is 0 Å². The standard InChI is InChI=1S/C20H27NO3/c22-17-11-16(12-17)19(21-20(23)13-4-2-1-3-5-13)15-6-7-18-14(10-15)8-9-24-18/h6-7,10,13,16-17,19,22H,1-5,8-9,11-12H2,(H,21,23). The number of carbonyl (C=O) groups excluding carboxylic acids is 1. The van der Waals surface area contributed by atoms with E-state index >= 15 is 0 Å². The number of aliphatic hydroxyl groups excluding tert-OH is 1. The Kier molecular flexibility index (Phi) is 4.49. The monoisotopic (exact) mass is 329 g/mol. The van der Waals surface area contributed by atoms with E-state index in [1.807, 2.05) is 6.07 Å². The van der Waals surface area contributed by atoms with Crippen molar-refractivity contribution in [3.8, 4) is 5.75 Å². The third kappa shape index (κ3) is 3.16. The Hall–Kier alpha value is -1.55. The number of rotatable bonds is 4. The second-order valence-corrected chi connectivity index (χ2v) is 7.67. The molecule has 24 heavy (non-hydrogen) atoms. The van der Waals surface area contributed by atoms with Crippen molar-refractivity contribution in [1.82, 2.24) is 5.32 Å². The lowest BCUT2D eigenvalue weighted by atomic mass is 9.74. The van der Waals surface area contributed by atoms with Crippen LogP contribution in [-0.2, 0) is 11.2 Å². The Labute approximate surface area is 143 Å². The van der Waals surface area contributed by atoms with E-state index in [9.17, 15) is 9.90 Å². The van der Waals surface area contributed by atoms with Crippen molar-refractivity contribution in [3.63, 3.8) is 0 Å². The molecule has 1 amide bonds. The van der Waals surface area contributed by atoms with E-state index in [4.69, 9.17) is 4.74 Å². The van der Waals surface area contributed by atoms with Gasteiger partial charge in [0.05, 0.1) is 18.8 Å². The van der Waals surface area contributed by atoms with Crippen LogP contribution in [0.1, 0.15) is 62.1 Å². The molecule has 1 aromatic rings. The fourth-order valence-electron chi connectivity index (χ4n) is 4.41. The predicted octanol–water partition coefficient (Wildman–Crippen LogP) is 3.13. The van der Waals surface area contributed by atoms with Gasteiger partial charge in [0.15, 0.2) is 0 Å². The first kappa shape index (κ1) is 15.9. The molecule has 1 aliphatic heterocycles. The SMILES string of the molecule is O=C(NC(c1ccc2c(c1)CCO2)C1CC(O)C1)C1CCCCC1. The third-order valence-corrected chi connectivity index (χ3v) is 5.97. The van der Waals surface area contributed by atoms with Crippen molar-refractivity contribution in [2.45, 2.75) is 63.5 Å². The van der Waals surface area contributed by atoms with Gasteiger partial charge in [-0.25, -0.2) is 0 Å². The number of aliphatic hydroxyl groups is 1. The summed E-state index contributed by atoms with van der Waals surface area (Å²) < 4.78 is 5.60. The van der Waals surface area contributed by atoms with Crippen LogP contribution in [-0.4, -0.2) is 23.7 Å². The van der Waals surface area contributed by atoms with Gasteiger partial charge < -0.3 is 15.2 Å². The summed E-state index contributed by atoms with van der Waals surface area (Å²) in [7, 11) is 0. The van der Waals surface area contributed by atoms with Crippen molar-refractivity contribution < 1.29 is 14.6 Å². The fraction of sp³-hybridized carbons (Fsp3) is 0.650. The first-order valence-corrected chi connectivity index (χ1v) is 9.45. The van der Waals surface area contributed by atoms with Crippen LogP contribution in [0.3, 0.4) is 0 Å². The van der Waals surface area contributed by atoms with Gasteiger partial charge >= 0.3 is 0 Å². The molecule has 0 radical (unpaired) electrons. The maximum Gasteiger partial charge on any atom is 0.223 e. The van der Waals surface area contributed by atoms with Gasteiger partial charge in [-0.3, -0.25) is 4.79 Å². The molecule has 1 unspecified atom stereocenters. The van der Waals surface area contributed by atoms with E-state index in [2.05, 4.69) is 17.4 Å². The molecular weight excluding hydrogens is 302 g/mol. The number of fused-ring (bicyclic) bond motifs is 1. The fourth-order valence-corrected chi connectivity index (χ4v) is 4.41. The summed E-state index contributed by atoms with van der Waals surface area (Å²) in [6, 6.07) is 6.33. The lowest BCUT2D eigenvalue weighted by Crippen LogP contribution is -2.43. The summed E-state index contributed by atoms with van der Waals surface area (Å²) in [6.45, 7) is 0.750. The Morgan fingerprint density at radius 1 is 1.21 bits per heavy atom. The summed E-state index contributed by atoms with van der Waals surface area (Å²) in [5.74, 6) is 1.69. The van der Waals surface area contributed by atoms with Crippen molar-refractivity contribution in [2.75, 3.05) is 6.61 Å². The molecule has 1 heterocycles. The maximum absolute atomic E-state index is 12.7. The normalized spacial score (nSPS) is 27.7. The van der Waals surface area contributed by atoms with E-state index < -0.39 is 0 Å². The van der Waals surface area contributed by atoms with Gasteiger partial charge in [-0.05, 0) is 54.9 Å². The zero-order valence-corrected chi connectivity index (χ0v) is 14.2. The van der Waals surface area contributed by atoms with Crippen molar-refractivity contribution in [1.29, 1.82) is 0 Å². The van der Waals surface area contributed by atoms with E-state index in [1.54, 1.807) is 0 Å². The second-order valence-electron chi connectivity index (χ2n) is 7.67. The molecular formula is C20H27NO3. The van der Waals surface area contributed by atoms with Crippen LogP contribution in [0.25, 0.3) is 0 Å². The molecule has 4 nitrogen and oxygen atoms in total. The van der Waals surface area contributed by atoms with E-state index in [0.717, 1.165) is 44.5 Å². The van der Waals surface area contributed by atoms with E-state index in [-0.39, 0.29) is 24.0 Å². The minimum absolute atomic E-state index is 0.0220. The molecule has 0 aromatic heterocycles.